The number of nitrogens with zero attached hydrogens (tertiary/aromatic N) is 1. The summed E-state index contributed by atoms with van der Waals surface area (Å²) in [4.78, 5) is 10.2. The van der Waals surface area contributed by atoms with Crippen LogP contribution in [0.15, 0.2) is 22.7 Å². The Morgan fingerprint density at radius 1 is 1.62 bits per heavy atom. The van der Waals surface area contributed by atoms with Crippen molar-refractivity contribution in [2.45, 2.75) is 25.5 Å². The molecule has 6 heteroatoms. The molecule has 0 fully saturated rings. The number of nitro groups is 1. The van der Waals surface area contributed by atoms with Gasteiger partial charge in [-0.1, -0.05) is 13.0 Å². The Morgan fingerprint density at radius 2 is 2.25 bits per heavy atom. The Hall–Kier alpha value is -0.980. The van der Waals surface area contributed by atoms with E-state index in [1.54, 1.807) is 19.1 Å². The molecule has 16 heavy (non-hydrogen) atoms. The lowest BCUT2D eigenvalue weighted by atomic mass is 10.0. The van der Waals surface area contributed by atoms with Gasteiger partial charge in [-0.25, -0.2) is 0 Å². The maximum Gasteiger partial charge on any atom is 0.283 e. The molecule has 0 aliphatic carbocycles. The standard InChI is InChI=1S/C10H13BrN2O3/c1-2-9(14)10(12)6-3-4-7(11)8(5-6)13(15)16/h3-5,9-10,14H,2,12H2,1H3/t9-,10+/m0/s1. The molecule has 0 bridgehead atoms. The minimum atomic E-state index is -0.694. The monoisotopic (exact) mass is 288 g/mol. The van der Waals surface area contributed by atoms with Gasteiger partial charge in [0, 0.05) is 6.07 Å². The Morgan fingerprint density at radius 3 is 2.75 bits per heavy atom. The average molecular weight is 289 g/mol. The van der Waals surface area contributed by atoms with Gasteiger partial charge >= 0.3 is 0 Å². The number of rotatable bonds is 4. The molecule has 0 spiro atoms. The zero-order chi connectivity index (χ0) is 12.3. The van der Waals surface area contributed by atoms with E-state index in [4.69, 9.17) is 5.73 Å². The first-order valence-corrected chi connectivity index (χ1v) is 5.64. The molecule has 0 aliphatic rings. The molecule has 0 saturated carbocycles. The molecule has 0 radical (unpaired) electrons. The van der Waals surface area contributed by atoms with Crippen LogP contribution in [0.25, 0.3) is 0 Å². The van der Waals surface area contributed by atoms with Crippen LogP contribution in [0, 0.1) is 10.1 Å². The van der Waals surface area contributed by atoms with Crippen molar-refractivity contribution in [1.82, 2.24) is 0 Å². The molecule has 0 saturated heterocycles. The third-order valence-electron chi connectivity index (χ3n) is 2.38. The predicted molar refractivity (Wildman–Crippen MR) is 64.0 cm³/mol. The highest BCUT2D eigenvalue weighted by Gasteiger charge is 2.19. The van der Waals surface area contributed by atoms with E-state index in [2.05, 4.69) is 15.9 Å². The van der Waals surface area contributed by atoms with Gasteiger partial charge < -0.3 is 10.8 Å². The molecule has 88 valence electrons. The summed E-state index contributed by atoms with van der Waals surface area (Å²) in [5, 5.41) is 20.3. The summed E-state index contributed by atoms with van der Waals surface area (Å²) in [6, 6.07) is 4.01. The van der Waals surface area contributed by atoms with Crippen LogP contribution in [0.1, 0.15) is 24.9 Å². The van der Waals surface area contributed by atoms with Gasteiger partial charge in [-0.05, 0) is 34.0 Å². The molecular weight excluding hydrogens is 276 g/mol. The van der Waals surface area contributed by atoms with Crippen molar-refractivity contribution < 1.29 is 10.0 Å². The minimum Gasteiger partial charge on any atom is -0.391 e. The fourth-order valence-corrected chi connectivity index (χ4v) is 1.74. The molecule has 2 atom stereocenters. The van der Waals surface area contributed by atoms with E-state index in [0.29, 0.717) is 16.5 Å². The average Bonchev–Trinajstić information content (AvgIpc) is 2.27. The van der Waals surface area contributed by atoms with E-state index < -0.39 is 17.1 Å². The summed E-state index contributed by atoms with van der Waals surface area (Å²) in [6.45, 7) is 1.80. The van der Waals surface area contributed by atoms with Crippen LogP contribution in [0.3, 0.4) is 0 Å². The molecule has 0 amide bonds. The fraction of sp³-hybridized carbons (Fsp3) is 0.400. The summed E-state index contributed by atoms with van der Waals surface area (Å²) in [6.07, 6.45) is -0.189. The second-order valence-electron chi connectivity index (χ2n) is 3.47. The van der Waals surface area contributed by atoms with Crippen LogP contribution < -0.4 is 5.73 Å². The summed E-state index contributed by atoms with van der Waals surface area (Å²) < 4.78 is 0.402. The van der Waals surface area contributed by atoms with Gasteiger partial charge in [0.15, 0.2) is 0 Å². The number of nitrogens with two attached hydrogens (primary N) is 1. The van der Waals surface area contributed by atoms with E-state index in [-0.39, 0.29) is 5.69 Å². The van der Waals surface area contributed by atoms with Crippen LogP contribution in [0.4, 0.5) is 5.69 Å². The number of nitro benzene ring substituents is 1. The molecule has 1 rings (SSSR count). The second-order valence-corrected chi connectivity index (χ2v) is 4.32. The molecule has 3 N–H and O–H groups in total. The Bertz CT molecular complexity index is 398. The molecule has 1 aromatic carbocycles. The number of benzene rings is 1. The topological polar surface area (TPSA) is 89.4 Å². The van der Waals surface area contributed by atoms with E-state index in [1.165, 1.54) is 6.07 Å². The van der Waals surface area contributed by atoms with Crippen LogP contribution in [0.5, 0.6) is 0 Å². The maximum atomic E-state index is 10.7. The zero-order valence-electron chi connectivity index (χ0n) is 8.76. The highest BCUT2D eigenvalue weighted by molar-refractivity contribution is 9.10. The summed E-state index contributed by atoms with van der Waals surface area (Å²) >= 11 is 3.09. The molecule has 0 aromatic heterocycles. The Labute approximate surface area is 102 Å². The summed E-state index contributed by atoms with van der Waals surface area (Å²) in [5.41, 5.74) is 6.29. The van der Waals surface area contributed by atoms with Crippen molar-refractivity contribution in [2.75, 3.05) is 0 Å². The first kappa shape index (κ1) is 13.1. The quantitative estimate of drug-likeness (QED) is 0.656. The molecule has 0 unspecified atom stereocenters. The molecule has 0 heterocycles. The van der Waals surface area contributed by atoms with Gasteiger partial charge in [0.25, 0.3) is 5.69 Å². The third-order valence-corrected chi connectivity index (χ3v) is 3.06. The van der Waals surface area contributed by atoms with Crippen LogP contribution in [-0.4, -0.2) is 16.1 Å². The highest BCUT2D eigenvalue weighted by atomic mass is 79.9. The van der Waals surface area contributed by atoms with Gasteiger partial charge in [0.05, 0.1) is 21.5 Å². The first-order valence-electron chi connectivity index (χ1n) is 4.84. The van der Waals surface area contributed by atoms with Gasteiger partial charge in [-0.15, -0.1) is 0 Å². The minimum absolute atomic E-state index is 0.0451. The predicted octanol–water partition coefficient (Wildman–Crippen LogP) is 2.13. The van der Waals surface area contributed by atoms with Crippen molar-refractivity contribution in [3.8, 4) is 0 Å². The van der Waals surface area contributed by atoms with E-state index in [0.717, 1.165) is 0 Å². The largest absolute Gasteiger partial charge is 0.391 e. The number of hydrogen-bond donors (Lipinski definition) is 2. The van der Waals surface area contributed by atoms with Crippen molar-refractivity contribution in [3.63, 3.8) is 0 Å². The molecular formula is C10H13BrN2O3. The normalized spacial score (nSPS) is 14.5. The van der Waals surface area contributed by atoms with Crippen LogP contribution >= 0.6 is 15.9 Å². The zero-order valence-corrected chi connectivity index (χ0v) is 10.3. The van der Waals surface area contributed by atoms with Gasteiger partial charge in [-0.3, -0.25) is 10.1 Å². The highest BCUT2D eigenvalue weighted by Crippen LogP contribution is 2.28. The Balaban J connectivity index is 3.07. The van der Waals surface area contributed by atoms with E-state index in [9.17, 15) is 15.2 Å². The number of aliphatic hydroxyl groups excluding tert-OH is 1. The molecule has 1 aromatic rings. The fourth-order valence-electron chi connectivity index (χ4n) is 1.35. The van der Waals surface area contributed by atoms with Crippen molar-refractivity contribution >= 4 is 21.6 Å². The lowest BCUT2D eigenvalue weighted by Gasteiger charge is -2.17. The maximum absolute atomic E-state index is 10.7. The van der Waals surface area contributed by atoms with Gasteiger partial charge in [-0.2, -0.15) is 0 Å². The van der Waals surface area contributed by atoms with Crippen LogP contribution in [-0.2, 0) is 0 Å². The smallest absolute Gasteiger partial charge is 0.283 e. The molecule has 0 aliphatic heterocycles. The van der Waals surface area contributed by atoms with Gasteiger partial charge in [0.1, 0.15) is 0 Å². The summed E-state index contributed by atoms with van der Waals surface area (Å²) in [7, 11) is 0. The van der Waals surface area contributed by atoms with Gasteiger partial charge in [0.2, 0.25) is 0 Å². The van der Waals surface area contributed by atoms with E-state index in [1.807, 2.05) is 0 Å². The lowest BCUT2D eigenvalue weighted by molar-refractivity contribution is -0.385. The third kappa shape index (κ3) is 2.78. The number of halogens is 1. The van der Waals surface area contributed by atoms with Crippen molar-refractivity contribution in [1.29, 1.82) is 0 Å². The van der Waals surface area contributed by atoms with Crippen molar-refractivity contribution in [2.24, 2.45) is 5.73 Å². The lowest BCUT2D eigenvalue weighted by Crippen LogP contribution is -2.25. The first-order chi connectivity index (χ1) is 7.47. The SMILES string of the molecule is CC[C@H](O)[C@H](N)c1ccc(Br)c([N+](=O)[O-])c1. The summed E-state index contributed by atoms with van der Waals surface area (Å²) in [5.74, 6) is 0. The van der Waals surface area contributed by atoms with Crippen LogP contribution in [0.2, 0.25) is 0 Å². The number of hydrogen-bond acceptors (Lipinski definition) is 4. The van der Waals surface area contributed by atoms with E-state index >= 15 is 0 Å². The van der Waals surface area contributed by atoms with Crippen molar-refractivity contribution in [3.05, 3.63) is 38.3 Å². The second kappa shape index (κ2) is 5.38. The number of aliphatic hydroxyl groups is 1. The molecule has 5 nitrogen and oxygen atoms in total. The Kier molecular flexibility index (Phi) is 4.40.